The Labute approximate surface area is 142 Å². The van der Waals surface area contributed by atoms with Crippen molar-refractivity contribution in [2.24, 2.45) is 0 Å². The third-order valence-electron chi connectivity index (χ3n) is 3.18. The normalized spacial score (nSPS) is 10.1. The van der Waals surface area contributed by atoms with E-state index in [1.165, 1.54) is 30.3 Å². The first-order valence-corrected chi connectivity index (χ1v) is 7.47. The molecule has 0 aromatic heterocycles. The Kier molecular flexibility index (Phi) is 6.03. The lowest BCUT2D eigenvalue weighted by molar-refractivity contribution is -0.121. The molecule has 2 aromatic rings. The first kappa shape index (κ1) is 17.6. The van der Waals surface area contributed by atoms with Crippen LogP contribution in [-0.2, 0) is 4.79 Å². The van der Waals surface area contributed by atoms with Crippen molar-refractivity contribution in [3.63, 3.8) is 0 Å². The fourth-order valence-electron chi connectivity index (χ4n) is 1.91. The molecule has 0 aliphatic carbocycles. The number of hydrogen-bond donors (Lipinski definition) is 2. The van der Waals surface area contributed by atoms with Crippen LogP contribution in [0.25, 0.3) is 0 Å². The van der Waals surface area contributed by atoms with Gasteiger partial charge >= 0.3 is 0 Å². The van der Waals surface area contributed by atoms with Crippen LogP contribution >= 0.6 is 11.6 Å². The highest BCUT2D eigenvalue weighted by molar-refractivity contribution is 6.33. The Balaban J connectivity index is 1.79. The van der Waals surface area contributed by atoms with Crippen LogP contribution < -0.4 is 10.9 Å². The fourth-order valence-corrected chi connectivity index (χ4v) is 2.13. The predicted molar refractivity (Wildman–Crippen MR) is 87.0 cm³/mol. The number of hydrazine groups is 1. The SMILES string of the molecule is O=C(CCC(=O)c1ccc(F)cc1)NNC(=O)c1ccccc1Cl. The van der Waals surface area contributed by atoms with E-state index in [-0.39, 0.29) is 29.2 Å². The molecule has 2 aromatic carbocycles. The molecule has 0 atom stereocenters. The Morgan fingerprint density at radius 3 is 2.25 bits per heavy atom. The van der Waals surface area contributed by atoms with Crippen molar-refractivity contribution in [1.29, 1.82) is 0 Å². The quantitative estimate of drug-likeness (QED) is 0.644. The summed E-state index contributed by atoms with van der Waals surface area (Å²) < 4.78 is 12.8. The van der Waals surface area contributed by atoms with Crippen LogP contribution in [0.4, 0.5) is 4.39 Å². The Morgan fingerprint density at radius 2 is 1.58 bits per heavy atom. The zero-order valence-corrected chi connectivity index (χ0v) is 13.3. The maximum Gasteiger partial charge on any atom is 0.271 e. The van der Waals surface area contributed by atoms with E-state index >= 15 is 0 Å². The lowest BCUT2D eigenvalue weighted by atomic mass is 10.1. The molecule has 124 valence electrons. The number of carbonyl (C=O) groups is 3. The molecule has 0 saturated heterocycles. The van der Waals surface area contributed by atoms with Gasteiger partial charge in [-0.05, 0) is 36.4 Å². The lowest BCUT2D eigenvalue weighted by Gasteiger charge is -2.08. The largest absolute Gasteiger partial charge is 0.294 e. The summed E-state index contributed by atoms with van der Waals surface area (Å²) in [6, 6.07) is 11.5. The van der Waals surface area contributed by atoms with Crippen molar-refractivity contribution in [3.8, 4) is 0 Å². The maximum atomic E-state index is 12.8. The molecular weight excluding hydrogens is 335 g/mol. The number of Topliss-reactive ketones (excluding diaryl/α,β-unsaturated/α-hetero) is 1. The Bertz CT molecular complexity index is 763. The number of hydrogen-bond acceptors (Lipinski definition) is 3. The van der Waals surface area contributed by atoms with E-state index in [1.807, 2.05) is 0 Å². The fraction of sp³-hybridized carbons (Fsp3) is 0.118. The van der Waals surface area contributed by atoms with Crippen LogP contribution in [0, 0.1) is 5.82 Å². The molecular formula is C17H14ClFN2O3. The van der Waals surface area contributed by atoms with E-state index in [2.05, 4.69) is 10.9 Å². The molecule has 2 amide bonds. The number of benzene rings is 2. The lowest BCUT2D eigenvalue weighted by Crippen LogP contribution is -2.41. The van der Waals surface area contributed by atoms with Gasteiger partial charge in [0.1, 0.15) is 5.82 Å². The van der Waals surface area contributed by atoms with Crippen molar-refractivity contribution >= 4 is 29.2 Å². The number of ketones is 1. The summed E-state index contributed by atoms with van der Waals surface area (Å²) in [6.45, 7) is 0. The van der Waals surface area contributed by atoms with Crippen molar-refractivity contribution in [1.82, 2.24) is 10.9 Å². The Hall–Kier alpha value is -2.73. The van der Waals surface area contributed by atoms with Crippen molar-refractivity contribution in [2.75, 3.05) is 0 Å². The van der Waals surface area contributed by atoms with E-state index in [0.29, 0.717) is 5.56 Å². The Morgan fingerprint density at radius 1 is 0.917 bits per heavy atom. The molecule has 0 unspecified atom stereocenters. The molecule has 24 heavy (non-hydrogen) atoms. The molecule has 0 saturated carbocycles. The van der Waals surface area contributed by atoms with Crippen molar-refractivity contribution < 1.29 is 18.8 Å². The van der Waals surface area contributed by atoms with Crippen molar-refractivity contribution in [2.45, 2.75) is 12.8 Å². The highest BCUT2D eigenvalue weighted by Crippen LogP contribution is 2.14. The van der Waals surface area contributed by atoms with Gasteiger partial charge in [-0.1, -0.05) is 23.7 Å². The standard InChI is InChI=1S/C17H14ClFN2O3/c18-14-4-2-1-3-13(14)17(24)21-20-16(23)10-9-15(22)11-5-7-12(19)8-6-11/h1-8H,9-10H2,(H,20,23)(H,21,24). The van der Waals surface area contributed by atoms with Gasteiger partial charge in [0, 0.05) is 18.4 Å². The molecule has 0 aliphatic heterocycles. The molecule has 2 N–H and O–H groups in total. The van der Waals surface area contributed by atoms with Gasteiger partial charge in [-0.2, -0.15) is 0 Å². The van der Waals surface area contributed by atoms with Crippen LogP contribution in [0.3, 0.4) is 0 Å². The van der Waals surface area contributed by atoms with E-state index in [0.717, 1.165) is 0 Å². The average Bonchev–Trinajstić information content (AvgIpc) is 2.58. The smallest absolute Gasteiger partial charge is 0.271 e. The summed E-state index contributed by atoms with van der Waals surface area (Å²) in [5.74, 6) is -1.81. The van der Waals surface area contributed by atoms with Gasteiger partial charge in [-0.3, -0.25) is 25.2 Å². The average molecular weight is 349 g/mol. The van der Waals surface area contributed by atoms with Gasteiger partial charge < -0.3 is 0 Å². The van der Waals surface area contributed by atoms with Crippen LogP contribution in [-0.4, -0.2) is 17.6 Å². The third-order valence-corrected chi connectivity index (χ3v) is 3.51. The zero-order valence-electron chi connectivity index (χ0n) is 12.5. The molecule has 0 radical (unpaired) electrons. The molecule has 5 nitrogen and oxygen atoms in total. The molecule has 0 bridgehead atoms. The summed E-state index contributed by atoms with van der Waals surface area (Å²) in [4.78, 5) is 35.4. The molecule has 0 fully saturated rings. The minimum Gasteiger partial charge on any atom is -0.294 e. The second kappa shape index (κ2) is 8.21. The minimum atomic E-state index is -0.557. The molecule has 7 heteroatoms. The summed E-state index contributed by atoms with van der Waals surface area (Å²) in [7, 11) is 0. The number of carbonyl (C=O) groups excluding carboxylic acids is 3. The minimum absolute atomic E-state index is 0.0561. The van der Waals surface area contributed by atoms with Crippen LogP contribution in [0.2, 0.25) is 5.02 Å². The molecule has 0 aliphatic rings. The topological polar surface area (TPSA) is 75.3 Å². The molecule has 2 rings (SSSR count). The van der Waals surface area contributed by atoms with Crippen molar-refractivity contribution in [3.05, 3.63) is 70.5 Å². The van der Waals surface area contributed by atoms with Gasteiger partial charge in [-0.25, -0.2) is 4.39 Å². The molecule has 0 spiro atoms. The second-order valence-electron chi connectivity index (χ2n) is 4.91. The van der Waals surface area contributed by atoms with Crippen LogP contribution in [0.5, 0.6) is 0 Å². The number of rotatable bonds is 5. The third kappa shape index (κ3) is 4.89. The maximum absolute atomic E-state index is 12.8. The zero-order chi connectivity index (χ0) is 17.5. The van der Waals surface area contributed by atoms with E-state index in [1.54, 1.807) is 18.2 Å². The monoisotopic (exact) mass is 348 g/mol. The van der Waals surface area contributed by atoms with Gasteiger partial charge in [-0.15, -0.1) is 0 Å². The van der Waals surface area contributed by atoms with Gasteiger partial charge in [0.05, 0.1) is 10.6 Å². The summed E-state index contributed by atoms with van der Waals surface area (Å²) in [5, 5.41) is 0.260. The van der Waals surface area contributed by atoms with Gasteiger partial charge in [0.25, 0.3) is 5.91 Å². The highest BCUT2D eigenvalue weighted by atomic mass is 35.5. The van der Waals surface area contributed by atoms with E-state index < -0.39 is 17.6 Å². The summed E-state index contributed by atoms with van der Waals surface area (Å²) >= 11 is 5.87. The van der Waals surface area contributed by atoms with Gasteiger partial charge in [0.2, 0.25) is 5.91 Å². The second-order valence-corrected chi connectivity index (χ2v) is 5.32. The summed E-state index contributed by atoms with van der Waals surface area (Å²) in [6.07, 6.45) is -0.168. The molecule has 0 heterocycles. The van der Waals surface area contributed by atoms with Crippen LogP contribution in [0.1, 0.15) is 33.6 Å². The number of nitrogens with one attached hydrogen (secondary N) is 2. The van der Waals surface area contributed by atoms with Gasteiger partial charge in [0.15, 0.2) is 5.78 Å². The summed E-state index contributed by atoms with van der Waals surface area (Å²) in [5.41, 5.74) is 4.99. The van der Waals surface area contributed by atoms with Crippen LogP contribution in [0.15, 0.2) is 48.5 Å². The number of amides is 2. The first-order valence-electron chi connectivity index (χ1n) is 7.10. The highest BCUT2D eigenvalue weighted by Gasteiger charge is 2.12. The van der Waals surface area contributed by atoms with E-state index in [9.17, 15) is 18.8 Å². The number of halogens is 2. The van der Waals surface area contributed by atoms with E-state index in [4.69, 9.17) is 11.6 Å². The predicted octanol–water partition coefficient (Wildman–Crippen LogP) is 2.90. The first-order chi connectivity index (χ1) is 11.5.